The van der Waals surface area contributed by atoms with Gasteiger partial charge in [-0.1, -0.05) is 12.1 Å². The quantitative estimate of drug-likeness (QED) is 0.462. The van der Waals surface area contributed by atoms with Gasteiger partial charge in [-0.05, 0) is 63.8 Å². The van der Waals surface area contributed by atoms with E-state index in [9.17, 15) is 17.6 Å². The summed E-state index contributed by atoms with van der Waals surface area (Å²) in [7, 11) is -3.75. The molecule has 0 N–H and O–H groups in total. The second-order valence-electron chi connectivity index (χ2n) is 8.03. The maximum absolute atomic E-state index is 13.7. The lowest BCUT2D eigenvalue weighted by Crippen LogP contribution is -2.33. The highest BCUT2D eigenvalue weighted by Gasteiger charge is 2.28. The maximum atomic E-state index is 13.7. The highest BCUT2D eigenvalue weighted by Crippen LogP contribution is 2.33. The number of halogens is 1. The Morgan fingerprint density at radius 2 is 1.81 bits per heavy atom. The van der Waals surface area contributed by atoms with Crippen LogP contribution >= 0.6 is 0 Å². The summed E-state index contributed by atoms with van der Waals surface area (Å²) in [5.41, 5.74) is 1.72. The van der Waals surface area contributed by atoms with Crippen LogP contribution in [0.2, 0.25) is 0 Å². The number of amides is 1. The van der Waals surface area contributed by atoms with Crippen molar-refractivity contribution >= 4 is 21.7 Å². The van der Waals surface area contributed by atoms with Gasteiger partial charge in [0.1, 0.15) is 11.6 Å². The van der Waals surface area contributed by atoms with Crippen LogP contribution in [-0.4, -0.2) is 44.6 Å². The van der Waals surface area contributed by atoms with Gasteiger partial charge in [0.25, 0.3) is 5.91 Å². The van der Waals surface area contributed by atoms with Gasteiger partial charge in [-0.2, -0.15) is 8.42 Å². The third kappa shape index (κ3) is 6.22. The smallest absolute Gasteiger partial charge is 0.308 e. The predicted octanol–water partition coefficient (Wildman–Crippen LogP) is 4.45. The van der Waals surface area contributed by atoms with E-state index in [0.29, 0.717) is 18.0 Å². The zero-order valence-corrected chi connectivity index (χ0v) is 19.7. The predicted molar refractivity (Wildman–Crippen MR) is 124 cm³/mol. The second kappa shape index (κ2) is 10.3. The number of nitrogens with zero attached hydrogens (tertiary/aromatic N) is 2. The number of anilines is 1. The van der Waals surface area contributed by atoms with Crippen LogP contribution in [0.25, 0.3) is 0 Å². The zero-order valence-electron chi connectivity index (χ0n) is 18.9. The van der Waals surface area contributed by atoms with Gasteiger partial charge in [0.15, 0.2) is 0 Å². The van der Waals surface area contributed by atoms with E-state index < -0.39 is 15.9 Å². The molecule has 0 aromatic heterocycles. The minimum atomic E-state index is -3.75. The van der Waals surface area contributed by atoms with Crippen LogP contribution < -0.4 is 9.08 Å². The first-order chi connectivity index (χ1) is 15.3. The van der Waals surface area contributed by atoms with E-state index in [2.05, 4.69) is 4.90 Å². The van der Waals surface area contributed by atoms with Crippen molar-refractivity contribution in [2.24, 2.45) is 5.92 Å². The summed E-state index contributed by atoms with van der Waals surface area (Å²) in [6.45, 7) is 7.82. The molecule has 2 aromatic rings. The summed E-state index contributed by atoms with van der Waals surface area (Å²) in [5, 5.41) is 0. The van der Waals surface area contributed by atoms with Crippen LogP contribution in [0.15, 0.2) is 42.5 Å². The van der Waals surface area contributed by atoms with Gasteiger partial charge in [0.05, 0.1) is 5.75 Å². The molecule has 0 heterocycles. The number of benzene rings is 2. The van der Waals surface area contributed by atoms with Crippen LogP contribution in [0.1, 0.15) is 49.5 Å². The van der Waals surface area contributed by atoms with Crippen molar-refractivity contribution in [3.05, 3.63) is 59.4 Å². The number of hydrogen-bond acceptors (Lipinski definition) is 5. The van der Waals surface area contributed by atoms with E-state index in [4.69, 9.17) is 4.18 Å². The lowest BCUT2D eigenvalue weighted by atomic mass is 10.1. The molecule has 2 aromatic carbocycles. The molecule has 0 radical (unpaired) electrons. The molecule has 174 valence electrons. The Balaban J connectivity index is 1.95. The van der Waals surface area contributed by atoms with Gasteiger partial charge < -0.3 is 14.0 Å². The van der Waals surface area contributed by atoms with Crippen molar-refractivity contribution < 1.29 is 21.8 Å². The Labute approximate surface area is 190 Å². The number of hydrogen-bond donors (Lipinski definition) is 0. The van der Waals surface area contributed by atoms with E-state index >= 15 is 0 Å². The monoisotopic (exact) mass is 462 g/mol. The van der Waals surface area contributed by atoms with Gasteiger partial charge in [-0.3, -0.25) is 4.79 Å². The molecular weight excluding hydrogens is 431 g/mol. The standard InChI is InChI=1S/C24H31FN2O4S/c1-4-26(5-2)22-13-12-20(23(15-22)31-32(29,30)6-3)17-27(16-18-10-11-18)24(28)19-8-7-9-21(25)14-19/h7-9,12-15,18H,4-6,10-11,16-17H2,1-3H3. The molecule has 0 aliphatic heterocycles. The summed E-state index contributed by atoms with van der Waals surface area (Å²) >= 11 is 0. The fourth-order valence-electron chi connectivity index (χ4n) is 3.57. The van der Waals surface area contributed by atoms with Gasteiger partial charge in [0.2, 0.25) is 0 Å². The molecular formula is C24H31FN2O4S. The molecule has 6 nitrogen and oxygen atoms in total. The lowest BCUT2D eigenvalue weighted by molar-refractivity contribution is 0.0734. The average molecular weight is 463 g/mol. The van der Waals surface area contributed by atoms with Crippen LogP contribution in [0.4, 0.5) is 10.1 Å². The van der Waals surface area contributed by atoms with E-state index in [1.54, 1.807) is 17.0 Å². The van der Waals surface area contributed by atoms with E-state index in [0.717, 1.165) is 31.6 Å². The minimum Gasteiger partial charge on any atom is -0.382 e. The number of carbonyl (C=O) groups excluding carboxylic acids is 1. The Morgan fingerprint density at radius 1 is 1.09 bits per heavy atom. The van der Waals surface area contributed by atoms with Crippen molar-refractivity contribution in [2.45, 2.75) is 40.2 Å². The number of carbonyl (C=O) groups is 1. The van der Waals surface area contributed by atoms with Crippen LogP contribution in [0, 0.1) is 11.7 Å². The second-order valence-corrected chi connectivity index (χ2v) is 9.89. The normalized spacial score (nSPS) is 13.6. The van der Waals surface area contributed by atoms with Crippen molar-refractivity contribution in [3.63, 3.8) is 0 Å². The summed E-state index contributed by atoms with van der Waals surface area (Å²) in [4.78, 5) is 16.9. The molecule has 0 saturated heterocycles. The van der Waals surface area contributed by atoms with E-state index in [-0.39, 0.29) is 29.5 Å². The Hall–Kier alpha value is -2.61. The molecule has 32 heavy (non-hydrogen) atoms. The van der Waals surface area contributed by atoms with Crippen LogP contribution in [0.5, 0.6) is 5.75 Å². The Kier molecular flexibility index (Phi) is 7.77. The first-order valence-electron chi connectivity index (χ1n) is 11.1. The topological polar surface area (TPSA) is 66.9 Å². The Morgan fingerprint density at radius 3 is 2.41 bits per heavy atom. The molecule has 8 heteroatoms. The molecule has 1 saturated carbocycles. The molecule has 1 aliphatic rings. The van der Waals surface area contributed by atoms with Gasteiger partial charge in [-0.15, -0.1) is 0 Å². The van der Waals surface area contributed by atoms with Crippen molar-refractivity contribution in [3.8, 4) is 5.75 Å². The molecule has 1 amide bonds. The maximum Gasteiger partial charge on any atom is 0.308 e. The zero-order chi connectivity index (χ0) is 23.3. The third-order valence-electron chi connectivity index (χ3n) is 5.65. The summed E-state index contributed by atoms with van der Waals surface area (Å²) in [5.74, 6) is -0.275. The fraction of sp³-hybridized carbons (Fsp3) is 0.458. The highest BCUT2D eigenvalue weighted by atomic mass is 32.2. The highest BCUT2D eigenvalue weighted by molar-refractivity contribution is 7.87. The number of rotatable bonds is 11. The summed E-state index contributed by atoms with van der Waals surface area (Å²) in [6, 6.07) is 11.1. The van der Waals surface area contributed by atoms with E-state index in [1.807, 2.05) is 26.0 Å². The first kappa shape index (κ1) is 24.0. The van der Waals surface area contributed by atoms with Gasteiger partial charge in [-0.25, -0.2) is 4.39 Å². The van der Waals surface area contributed by atoms with Gasteiger partial charge in [0, 0.05) is 49.1 Å². The first-order valence-corrected chi connectivity index (χ1v) is 12.7. The lowest BCUT2D eigenvalue weighted by Gasteiger charge is -2.26. The molecule has 0 unspecified atom stereocenters. The van der Waals surface area contributed by atoms with Crippen molar-refractivity contribution in [2.75, 3.05) is 30.3 Å². The molecule has 0 bridgehead atoms. The summed E-state index contributed by atoms with van der Waals surface area (Å²) < 4.78 is 43.6. The van der Waals surface area contributed by atoms with Crippen LogP contribution in [0.3, 0.4) is 0 Å². The van der Waals surface area contributed by atoms with Crippen molar-refractivity contribution in [1.29, 1.82) is 0 Å². The average Bonchev–Trinajstić information content (AvgIpc) is 3.59. The Bertz CT molecular complexity index is 1050. The van der Waals surface area contributed by atoms with Gasteiger partial charge >= 0.3 is 10.1 Å². The fourth-order valence-corrected chi connectivity index (χ4v) is 4.12. The molecule has 3 rings (SSSR count). The van der Waals surface area contributed by atoms with Crippen molar-refractivity contribution in [1.82, 2.24) is 4.90 Å². The molecule has 0 spiro atoms. The largest absolute Gasteiger partial charge is 0.382 e. The minimum absolute atomic E-state index is 0.157. The van der Waals surface area contributed by atoms with E-state index in [1.165, 1.54) is 25.1 Å². The molecule has 1 fully saturated rings. The van der Waals surface area contributed by atoms with Crippen LogP contribution in [-0.2, 0) is 16.7 Å². The molecule has 0 atom stereocenters. The third-order valence-corrected chi connectivity index (χ3v) is 6.79. The summed E-state index contributed by atoms with van der Waals surface area (Å²) in [6.07, 6.45) is 2.09. The SMILES string of the molecule is CCN(CC)c1ccc(CN(CC2CC2)C(=O)c2cccc(F)c2)c(OS(=O)(=O)CC)c1. The molecule has 1 aliphatic carbocycles.